The van der Waals surface area contributed by atoms with Gasteiger partial charge in [0.2, 0.25) is 0 Å². The van der Waals surface area contributed by atoms with Gasteiger partial charge < -0.3 is 4.57 Å². The Morgan fingerprint density at radius 2 is 2.00 bits per heavy atom. The number of rotatable bonds is 1. The fourth-order valence-electron chi connectivity index (χ4n) is 1.71. The molecule has 2 aromatic rings. The van der Waals surface area contributed by atoms with Crippen LogP contribution in [0.4, 0.5) is 0 Å². The van der Waals surface area contributed by atoms with Gasteiger partial charge >= 0.3 is 0 Å². The highest BCUT2D eigenvalue weighted by molar-refractivity contribution is 7.80. The van der Waals surface area contributed by atoms with Crippen LogP contribution in [0.1, 0.15) is 17.7 Å². The van der Waals surface area contributed by atoms with Crippen molar-refractivity contribution in [2.45, 2.75) is 12.2 Å². The smallest absolute Gasteiger partial charge is 0.0480 e. The van der Waals surface area contributed by atoms with Crippen LogP contribution in [0.2, 0.25) is 0 Å². The minimum atomic E-state index is 0.297. The number of hydrogen-bond acceptors (Lipinski definition) is 1. The van der Waals surface area contributed by atoms with Gasteiger partial charge in [-0.1, -0.05) is 18.2 Å². The molecule has 1 atom stereocenters. The molecule has 0 aliphatic heterocycles. The van der Waals surface area contributed by atoms with Crippen molar-refractivity contribution >= 4 is 23.5 Å². The first kappa shape index (κ1) is 8.70. The molecule has 0 amide bonds. The zero-order valence-corrected chi connectivity index (χ0v) is 8.75. The van der Waals surface area contributed by atoms with Crippen molar-refractivity contribution in [3.8, 4) is 0 Å². The van der Waals surface area contributed by atoms with Gasteiger partial charge in [0.1, 0.15) is 0 Å². The lowest BCUT2D eigenvalue weighted by Crippen LogP contribution is -1.82. The normalized spacial score (nSPS) is 13.5. The predicted octanol–water partition coefficient (Wildman–Crippen LogP) is 3.17. The second-order valence-electron chi connectivity index (χ2n) is 3.39. The maximum absolute atomic E-state index is 4.46. The Bertz CT molecular complexity index is 429. The van der Waals surface area contributed by atoms with Crippen LogP contribution in [0.25, 0.3) is 10.9 Å². The van der Waals surface area contributed by atoms with Gasteiger partial charge in [0, 0.05) is 29.4 Å². The summed E-state index contributed by atoms with van der Waals surface area (Å²) < 4.78 is 2.15. The van der Waals surface area contributed by atoms with Gasteiger partial charge in [-0.3, -0.25) is 0 Å². The van der Waals surface area contributed by atoms with Gasteiger partial charge in [-0.2, -0.15) is 12.6 Å². The van der Waals surface area contributed by atoms with Crippen LogP contribution in [-0.2, 0) is 7.05 Å². The lowest BCUT2D eigenvalue weighted by atomic mass is 10.1. The molecule has 0 saturated heterocycles. The van der Waals surface area contributed by atoms with Gasteiger partial charge in [0.15, 0.2) is 0 Å². The van der Waals surface area contributed by atoms with E-state index in [4.69, 9.17) is 0 Å². The van der Waals surface area contributed by atoms with E-state index in [0.717, 1.165) is 0 Å². The summed E-state index contributed by atoms with van der Waals surface area (Å²) in [5.74, 6) is 0. The molecule has 1 heterocycles. The van der Waals surface area contributed by atoms with Gasteiger partial charge in [0.25, 0.3) is 0 Å². The number of aryl methyl sites for hydroxylation is 1. The Morgan fingerprint density at radius 1 is 1.31 bits per heavy atom. The summed E-state index contributed by atoms with van der Waals surface area (Å²) in [6.45, 7) is 2.10. The molecule has 0 saturated carbocycles. The molecule has 2 rings (SSSR count). The number of aromatic nitrogens is 1. The number of nitrogens with zero attached hydrogens (tertiary/aromatic N) is 1. The molecule has 0 radical (unpaired) electrons. The van der Waals surface area contributed by atoms with Crippen molar-refractivity contribution in [1.29, 1.82) is 0 Å². The van der Waals surface area contributed by atoms with Crippen LogP contribution < -0.4 is 0 Å². The Kier molecular flexibility index (Phi) is 2.08. The van der Waals surface area contributed by atoms with E-state index in [-0.39, 0.29) is 0 Å². The molecule has 0 aliphatic rings. The molecular formula is C11H13NS. The molecule has 0 bridgehead atoms. The molecule has 0 fully saturated rings. The van der Waals surface area contributed by atoms with E-state index in [2.05, 4.69) is 61.6 Å². The van der Waals surface area contributed by atoms with E-state index in [1.54, 1.807) is 0 Å². The highest BCUT2D eigenvalue weighted by atomic mass is 32.1. The predicted molar refractivity (Wildman–Crippen MR) is 60.3 cm³/mol. The maximum Gasteiger partial charge on any atom is 0.0480 e. The van der Waals surface area contributed by atoms with Crippen molar-refractivity contribution in [2.75, 3.05) is 0 Å². The van der Waals surface area contributed by atoms with Gasteiger partial charge in [-0.25, -0.2) is 0 Å². The largest absolute Gasteiger partial charge is 0.350 e. The zero-order valence-electron chi connectivity index (χ0n) is 7.86. The standard InChI is InChI=1S/C11H13NS/c1-8(13)10-7-12(2)11-6-4-3-5-9(10)11/h3-8,13H,1-2H3. The molecule has 1 nitrogen and oxygen atoms in total. The molecule has 13 heavy (non-hydrogen) atoms. The fourth-order valence-corrected chi connectivity index (χ4v) is 1.91. The first-order valence-corrected chi connectivity index (χ1v) is 4.94. The lowest BCUT2D eigenvalue weighted by Gasteiger charge is -1.99. The third-order valence-corrected chi connectivity index (χ3v) is 2.66. The van der Waals surface area contributed by atoms with Crippen molar-refractivity contribution in [1.82, 2.24) is 4.57 Å². The van der Waals surface area contributed by atoms with Crippen LogP contribution in [-0.4, -0.2) is 4.57 Å². The Balaban J connectivity index is 2.78. The van der Waals surface area contributed by atoms with Crippen molar-refractivity contribution < 1.29 is 0 Å². The maximum atomic E-state index is 4.46. The first-order chi connectivity index (χ1) is 6.20. The van der Waals surface area contributed by atoms with E-state index in [1.165, 1.54) is 16.5 Å². The average Bonchev–Trinajstić information content (AvgIpc) is 2.45. The van der Waals surface area contributed by atoms with Crippen LogP contribution in [0.3, 0.4) is 0 Å². The number of fused-ring (bicyclic) bond motifs is 1. The summed E-state index contributed by atoms with van der Waals surface area (Å²) in [5.41, 5.74) is 2.58. The van der Waals surface area contributed by atoms with Gasteiger partial charge in [0.05, 0.1) is 0 Å². The summed E-state index contributed by atoms with van der Waals surface area (Å²) in [6, 6.07) is 8.42. The molecule has 1 unspecified atom stereocenters. The van der Waals surface area contributed by atoms with Gasteiger partial charge in [-0.05, 0) is 18.6 Å². The molecule has 1 aromatic heterocycles. The SMILES string of the molecule is CC(S)c1cn(C)c2ccccc12. The second-order valence-corrected chi connectivity index (χ2v) is 4.16. The van der Waals surface area contributed by atoms with Gasteiger partial charge in [-0.15, -0.1) is 0 Å². The second kappa shape index (κ2) is 3.11. The Hall–Kier alpha value is -0.890. The Morgan fingerprint density at radius 3 is 2.69 bits per heavy atom. The molecular weight excluding hydrogens is 178 g/mol. The molecule has 1 aromatic carbocycles. The highest BCUT2D eigenvalue weighted by Crippen LogP contribution is 2.28. The van der Waals surface area contributed by atoms with E-state index in [1.807, 2.05) is 0 Å². The minimum absolute atomic E-state index is 0.297. The first-order valence-electron chi connectivity index (χ1n) is 4.42. The monoisotopic (exact) mass is 191 g/mol. The summed E-state index contributed by atoms with van der Waals surface area (Å²) in [4.78, 5) is 0. The van der Waals surface area contributed by atoms with Crippen LogP contribution in [0.5, 0.6) is 0 Å². The van der Waals surface area contributed by atoms with Crippen molar-refractivity contribution in [3.63, 3.8) is 0 Å². The third kappa shape index (κ3) is 1.35. The average molecular weight is 191 g/mol. The molecule has 0 N–H and O–H groups in total. The number of benzene rings is 1. The molecule has 2 heteroatoms. The van der Waals surface area contributed by atoms with E-state index in [9.17, 15) is 0 Å². The lowest BCUT2D eigenvalue weighted by molar-refractivity contribution is 0.952. The summed E-state index contributed by atoms with van der Waals surface area (Å²) in [5, 5.41) is 1.61. The number of hydrogen-bond donors (Lipinski definition) is 1. The summed E-state index contributed by atoms with van der Waals surface area (Å²) in [6.07, 6.45) is 2.16. The van der Waals surface area contributed by atoms with E-state index < -0.39 is 0 Å². The minimum Gasteiger partial charge on any atom is -0.350 e. The third-order valence-electron chi connectivity index (χ3n) is 2.38. The fraction of sp³-hybridized carbons (Fsp3) is 0.273. The van der Waals surface area contributed by atoms with E-state index in [0.29, 0.717) is 5.25 Å². The summed E-state index contributed by atoms with van der Waals surface area (Å²) in [7, 11) is 2.07. The van der Waals surface area contributed by atoms with Crippen molar-refractivity contribution in [3.05, 3.63) is 36.0 Å². The number of para-hydroxylation sites is 1. The van der Waals surface area contributed by atoms with Crippen LogP contribution in [0.15, 0.2) is 30.5 Å². The Labute approximate surface area is 83.8 Å². The van der Waals surface area contributed by atoms with Crippen molar-refractivity contribution in [2.24, 2.45) is 7.05 Å². The zero-order chi connectivity index (χ0) is 9.42. The highest BCUT2D eigenvalue weighted by Gasteiger charge is 2.08. The van der Waals surface area contributed by atoms with E-state index >= 15 is 0 Å². The quantitative estimate of drug-likeness (QED) is 0.661. The topological polar surface area (TPSA) is 4.93 Å². The number of thiol groups is 1. The molecule has 0 aliphatic carbocycles. The molecule has 0 spiro atoms. The van der Waals surface area contributed by atoms with Crippen LogP contribution >= 0.6 is 12.6 Å². The van der Waals surface area contributed by atoms with Crippen LogP contribution in [0, 0.1) is 0 Å². The summed E-state index contributed by atoms with van der Waals surface area (Å²) >= 11 is 4.46. The molecule has 68 valence electrons.